The molecule has 0 aromatic rings. The molecule has 0 amide bonds. The molecular weight excluding hydrogens is 202 g/mol. The molecule has 2 unspecified atom stereocenters. The van der Waals surface area contributed by atoms with Gasteiger partial charge in [-0.1, -0.05) is 33.6 Å². The highest BCUT2D eigenvalue weighted by Gasteiger charge is 2.33. The Morgan fingerprint density at radius 2 is 2.00 bits per heavy atom. The third-order valence-corrected chi connectivity index (χ3v) is 3.60. The fourth-order valence-electron chi connectivity index (χ4n) is 2.35. The number of carbonyl (C=O) groups is 1. The Labute approximate surface area is 98.9 Å². The summed E-state index contributed by atoms with van der Waals surface area (Å²) < 4.78 is 5.41. The van der Waals surface area contributed by atoms with Crippen LogP contribution in [0.2, 0.25) is 0 Å². The highest BCUT2D eigenvalue weighted by atomic mass is 16.5. The van der Waals surface area contributed by atoms with Gasteiger partial charge in [0.05, 0.1) is 19.1 Å². The van der Waals surface area contributed by atoms with Crippen molar-refractivity contribution in [1.82, 2.24) is 5.32 Å². The van der Waals surface area contributed by atoms with Gasteiger partial charge in [0.25, 0.3) is 0 Å². The Morgan fingerprint density at radius 3 is 2.56 bits per heavy atom. The second-order valence-electron chi connectivity index (χ2n) is 4.66. The van der Waals surface area contributed by atoms with Gasteiger partial charge in [-0.3, -0.25) is 4.79 Å². The van der Waals surface area contributed by atoms with Crippen LogP contribution >= 0.6 is 0 Å². The van der Waals surface area contributed by atoms with Gasteiger partial charge in [-0.05, 0) is 12.5 Å². The molecule has 3 nitrogen and oxygen atoms in total. The van der Waals surface area contributed by atoms with Crippen molar-refractivity contribution in [2.75, 3.05) is 19.8 Å². The van der Waals surface area contributed by atoms with Crippen molar-refractivity contribution in [2.24, 2.45) is 11.8 Å². The maximum Gasteiger partial charge on any atom is 0.140 e. The average Bonchev–Trinajstić information content (AvgIpc) is 2.74. The molecule has 1 aliphatic heterocycles. The second kappa shape index (κ2) is 7.02. The van der Waals surface area contributed by atoms with Gasteiger partial charge >= 0.3 is 0 Å². The van der Waals surface area contributed by atoms with Gasteiger partial charge in [0.15, 0.2) is 0 Å². The van der Waals surface area contributed by atoms with E-state index in [2.05, 4.69) is 26.1 Å². The minimum atomic E-state index is 0.0838. The summed E-state index contributed by atoms with van der Waals surface area (Å²) in [6.07, 6.45) is 2.92. The first-order valence-electron chi connectivity index (χ1n) is 6.56. The molecule has 3 heteroatoms. The standard InChI is InChI=1S/C13H25NO2/c1-4-10(5-2)7-13(15)11-8-16-9-12(11)14-6-3/h10-12,14H,4-9H2,1-3H3. The molecule has 0 bridgehead atoms. The molecule has 1 aliphatic rings. The van der Waals surface area contributed by atoms with Crippen LogP contribution in [0.15, 0.2) is 0 Å². The van der Waals surface area contributed by atoms with E-state index in [9.17, 15) is 4.79 Å². The Balaban J connectivity index is 2.45. The van der Waals surface area contributed by atoms with E-state index in [1.807, 2.05) is 0 Å². The largest absolute Gasteiger partial charge is 0.379 e. The topological polar surface area (TPSA) is 38.3 Å². The Morgan fingerprint density at radius 1 is 1.31 bits per heavy atom. The number of rotatable bonds is 7. The van der Waals surface area contributed by atoms with E-state index < -0.39 is 0 Å². The van der Waals surface area contributed by atoms with Crippen LogP contribution in [0.4, 0.5) is 0 Å². The molecule has 1 heterocycles. The lowest BCUT2D eigenvalue weighted by atomic mass is 9.89. The van der Waals surface area contributed by atoms with E-state index in [1.54, 1.807) is 0 Å². The van der Waals surface area contributed by atoms with Crippen LogP contribution in [0.1, 0.15) is 40.0 Å². The molecule has 2 atom stereocenters. The molecule has 0 aliphatic carbocycles. The summed E-state index contributed by atoms with van der Waals surface area (Å²) in [4.78, 5) is 12.1. The van der Waals surface area contributed by atoms with E-state index in [-0.39, 0.29) is 12.0 Å². The zero-order valence-electron chi connectivity index (χ0n) is 10.8. The Bertz CT molecular complexity index is 214. The van der Waals surface area contributed by atoms with Gasteiger partial charge in [-0.15, -0.1) is 0 Å². The molecular formula is C13H25NO2. The van der Waals surface area contributed by atoms with Crippen molar-refractivity contribution in [1.29, 1.82) is 0 Å². The smallest absolute Gasteiger partial charge is 0.140 e. The van der Waals surface area contributed by atoms with E-state index in [4.69, 9.17) is 4.74 Å². The van der Waals surface area contributed by atoms with E-state index >= 15 is 0 Å². The normalized spacial score (nSPS) is 25.2. The fraction of sp³-hybridized carbons (Fsp3) is 0.923. The van der Waals surface area contributed by atoms with Gasteiger partial charge in [0.1, 0.15) is 5.78 Å². The summed E-state index contributed by atoms with van der Waals surface area (Å²) in [5.41, 5.74) is 0. The average molecular weight is 227 g/mol. The summed E-state index contributed by atoms with van der Waals surface area (Å²) in [6.45, 7) is 8.59. The molecule has 94 valence electrons. The lowest BCUT2D eigenvalue weighted by molar-refractivity contribution is -0.124. The first-order chi connectivity index (χ1) is 7.72. The van der Waals surface area contributed by atoms with Crippen LogP contribution in [0.5, 0.6) is 0 Å². The van der Waals surface area contributed by atoms with Gasteiger partial charge in [0, 0.05) is 12.5 Å². The minimum absolute atomic E-state index is 0.0838. The highest BCUT2D eigenvalue weighted by Crippen LogP contribution is 2.21. The molecule has 0 saturated carbocycles. The molecule has 0 radical (unpaired) electrons. The summed E-state index contributed by atoms with van der Waals surface area (Å²) in [5, 5.41) is 3.34. The predicted octanol–water partition coefficient (Wildman–Crippen LogP) is 2.01. The Kier molecular flexibility index (Phi) is 5.99. The number of hydrogen-bond donors (Lipinski definition) is 1. The van der Waals surface area contributed by atoms with Crippen molar-refractivity contribution in [2.45, 2.75) is 46.1 Å². The summed E-state index contributed by atoms with van der Waals surface area (Å²) in [5.74, 6) is 1.02. The number of nitrogens with one attached hydrogen (secondary N) is 1. The van der Waals surface area contributed by atoms with Crippen LogP contribution in [-0.4, -0.2) is 31.6 Å². The lowest BCUT2D eigenvalue weighted by Gasteiger charge is -2.19. The maximum absolute atomic E-state index is 12.1. The number of hydrogen-bond acceptors (Lipinski definition) is 3. The van der Waals surface area contributed by atoms with Crippen LogP contribution in [0.3, 0.4) is 0 Å². The van der Waals surface area contributed by atoms with Crippen molar-refractivity contribution >= 4 is 5.78 Å². The van der Waals surface area contributed by atoms with Gasteiger partial charge in [-0.2, -0.15) is 0 Å². The number of ether oxygens (including phenoxy) is 1. The van der Waals surface area contributed by atoms with Crippen LogP contribution in [0.25, 0.3) is 0 Å². The zero-order valence-corrected chi connectivity index (χ0v) is 10.8. The molecule has 0 aromatic heterocycles. The van der Waals surface area contributed by atoms with Crippen molar-refractivity contribution < 1.29 is 9.53 Å². The number of carbonyl (C=O) groups excluding carboxylic acids is 1. The monoisotopic (exact) mass is 227 g/mol. The second-order valence-corrected chi connectivity index (χ2v) is 4.66. The van der Waals surface area contributed by atoms with Crippen molar-refractivity contribution in [3.05, 3.63) is 0 Å². The van der Waals surface area contributed by atoms with Crippen LogP contribution in [0, 0.1) is 11.8 Å². The van der Waals surface area contributed by atoms with E-state index in [0.29, 0.717) is 24.9 Å². The quantitative estimate of drug-likeness (QED) is 0.723. The molecule has 1 N–H and O–H groups in total. The van der Waals surface area contributed by atoms with Gasteiger partial charge in [0.2, 0.25) is 0 Å². The Hall–Kier alpha value is -0.410. The van der Waals surface area contributed by atoms with Gasteiger partial charge in [-0.25, -0.2) is 0 Å². The fourth-order valence-corrected chi connectivity index (χ4v) is 2.35. The minimum Gasteiger partial charge on any atom is -0.379 e. The third-order valence-electron chi connectivity index (χ3n) is 3.60. The van der Waals surface area contributed by atoms with E-state index in [0.717, 1.165) is 25.8 Å². The highest BCUT2D eigenvalue weighted by molar-refractivity contribution is 5.82. The van der Waals surface area contributed by atoms with Crippen molar-refractivity contribution in [3.63, 3.8) is 0 Å². The number of ketones is 1. The molecule has 1 fully saturated rings. The third kappa shape index (κ3) is 3.56. The van der Waals surface area contributed by atoms with Gasteiger partial charge < -0.3 is 10.1 Å². The predicted molar refractivity (Wildman–Crippen MR) is 65.5 cm³/mol. The summed E-state index contributed by atoms with van der Waals surface area (Å²) in [6, 6.07) is 0.242. The molecule has 16 heavy (non-hydrogen) atoms. The lowest BCUT2D eigenvalue weighted by Crippen LogP contribution is -2.39. The molecule has 1 rings (SSSR count). The first kappa shape index (κ1) is 13.7. The van der Waals surface area contributed by atoms with Crippen molar-refractivity contribution in [3.8, 4) is 0 Å². The molecule has 0 spiro atoms. The van der Waals surface area contributed by atoms with E-state index in [1.165, 1.54) is 0 Å². The SMILES string of the molecule is CCNC1COCC1C(=O)CC(CC)CC. The first-order valence-corrected chi connectivity index (χ1v) is 6.56. The maximum atomic E-state index is 12.1. The van der Waals surface area contributed by atoms with Crippen LogP contribution < -0.4 is 5.32 Å². The number of likely N-dealkylation sites (N-methyl/N-ethyl adjacent to an activating group) is 1. The number of Topliss-reactive ketones (excluding diaryl/α,β-unsaturated/α-hetero) is 1. The summed E-state index contributed by atoms with van der Waals surface area (Å²) in [7, 11) is 0. The zero-order chi connectivity index (χ0) is 12.0. The summed E-state index contributed by atoms with van der Waals surface area (Å²) >= 11 is 0. The molecule has 1 saturated heterocycles. The molecule has 0 aromatic carbocycles. The van der Waals surface area contributed by atoms with Crippen LogP contribution in [-0.2, 0) is 9.53 Å².